The van der Waals surface area contributed by atoms with Gasteiger partial charge in [0.1, 0.15) is 205 Å². The zero-order valence-electron chi connectivity index (χ0n) is 49.5. The summed E-state index contributed by atoms with van der Waals surface area (Å²) in [6.07, 6.45) is 0. The number of aromatic nitrogens is 4. The first-order valence-corrected chi connectivity index (χ1v) is 27.2. The van der Waals surface area contributed by atoms with Gasteiger partial charge in [-0.15, -0.1) is 32.8 Å². The third-order valence-corrected chi connectivity index (χ3v) is 20.3. The van der Waals surface area contributed by atoms with Gasteiger partial charge in [0.15, 0.2) is 5.58 Å². The van der Waals surface area contributed by atoms with E-state index < -0.39 is 0 Å². The number of furan rings is 1. The highest BCUT2D eigenvalue weighted by atomic mass is 16.3. The minimum atomic E-state index is 0.667. The Kier molecular flexibility index (Phi) is 12.1. The minimum Gasteiger partial charge on any atom is -0.452 e. The fraction of sp³-hybridized carbons (Fsp3) is 0. The summed E-state index contributed by atoms with van der Waals surface area (Å²) >= 11 is 0. The fourth-order valence-corrected chi connectivity index (χ4v) is 14.1. The van der Waals surface area contributed by atoms with Crippen molar-refractivity contribution in [2.75, 3.05) is 0 Å². The van der Waals surface area contributed by atoms with Crippen molar-refractivity contribution >= 4 is 385 Å². The van der Waals surface area contributed by atoms with Crippen LogP contribution >= 0.6 is 0 Å². The van der Waals surface area contributed by atoms with Crippen molar-refractivity contribution < 1.29 is 4.42 Å². The van der Waals surface area contributed by atoms with Crippen LogP contribution in [0.4, 0.5) is 0 Å². The van der Waals surface area contributed by atoms with E-state index in [1.807, 2.05) is 6.07 Å². The zero-order valence-corrected chi connectivity index (χ0v) is 49.5. The van der Waals surface area contributed by atoms with Crippen molar-refractivity contribution in [3.63, 3.8) is 0 Å². The molecule has 0 saturated carbocycles. The highest BCUT2D eigenvalue weighted by Gasteiger charge is 2.32. The summed E-state index contributed by atoms with van der Waals surface area (Å²) in [4.78, 5) is 11.4. The maximum atomic E-state index is 6.84. The molecule has 5 nitrogen and oxygen atoms in total. The van der Waals surface area contributed by atoms with Crippen molar-refractivity contribution in [2.24, 2.45) is 0 Å². The number of fused-ring (bicyclic) bond motifs is 9. The molecule has 0 spiro atoms. The van der Waals surface area contributed by atoms with E-state index in [4.69, 9.17) is 14.4 Å². The van der Waals surface area contributed by atoms with Crippen LogP contribution in [0.5, 0.6) is 0 Å². The first kappa shape index (κ1) is 51.7. The van der Waals surface area contributed by atoms with E-state index in [1.165, 1.54) is 192 Å². The molecule has 0 atom stereocenters. The molecule has 11 aromatic rings. The second-order valence-corrected chi connectivity index (χ2v) is 23.2. The predicted molar refractivity (Wildman–Crippen MR) is 405 cm³/mol. The SMILES string of the molecule is Bc1c(B)c(B)c(-c2nc(-n3c4c(B)c(B)c(B)c(B)c4c4c(B)c(-c5c(B)c(B)c6c(c5B)c5c(B)c(B)c(B)c(B)c5n6-c5c(B)c(B)c(B)c(B)c5B)c(B)c(B)c43)nc3c2oc2ccccc23)c(B)c1B. The smallest absolute Gasteiger partial charge is 0.236 e. The van der Waals surface area contributed by atoms with Gasteiger partial charge in [-0.1, -0.05) is 110 Å². The van der Waals surface area contributed by atoms with Gasteiger partial charge in [0, 0.05) is 43.9 Å². The molecule has 0 fully saturated rings. The lowest BCUT2D eigenvalue weighted by Crippen LogP contribution is -2.56. The lowest BCUT2D eigenvalue weighted by Gasteiger charge is -2.26. The van der Waals surface area contributed by atoms with Crippen LogP contribution in [-0.2, 0) is 0 Å². The molecule has 0 N–H and O–H groups in total. The van der Waals surface area contributed by atoms with Crippen LogP contribution in [-0.4, -0.2) is 207 Å². The maximum Gasteiger partial charge on any atom is 0.236 e. The lowest BCUT2D eigenvalue weighted by molar-refractivity contribution is 0.666. The molecule has 0 radical (unpaired) electrons. The van der Waals surface area contributed by atoms with Gasteiger partial charge in [0.05, 0.1) is 0 Å². The molecular weight excluding hydrogens is 884 g/mol. The molecule has 0 aliphatic rings. The Bertz CT molecular complexity index is 4480. The van der Waals surface area contributed by atoms with E-state index in [9.17, 15) is 0 Å². The third-order valence-electron chi connectivity index (χ3n) is 20.3. The highest BCUT2D eigenvalue weighted by molar-refractivity contribution is 6.74. The number of nitrogens with zero attached hydrogens (tertiary/aromatic N) is 4. The summed E-state index contributed by atoms with van der Waals surface area (Å²) < 4.78 is 12.0. The molecule has 334 valence electrons. The fourth-order valence-electron chi connectivity index (χ4n) is 14.1. The molecular formula is C46H52B24N4O. The van der Waals surface area contributed by atoms with Gasteiger partial charge in [-0.3, -0.25) is 4.57 Å². The largest absolute Gasteiger partial charge is 0.452 e. The van der Waals surface area contributed by atoms with Crippen LogP contribution in [0.1, 0.15) is 0 Å². The van der Waals surface area contributed by atoms with Crippen LogP contribution in [0.25, 0.3) is 99.7 Å². The summed E-state index contributed by atoms with van der Waals surface area (Å²) in [5.74, 6) is 0.667. The Balaban J connectivity index is 1.33. The second kappa shape index (κ2) is 17.6. The van der Waals surface area contributed by atoms with E-state index in [-0.39, 0.29) is 0 Å². The van der Waals surface area contributed by atoms with Gasteiger partial charge in [-0.05, 0) is 39.6 Å². The lowest BCUT2D eigenvalue weighted by atomic mass is 9.60. The minimum absolute atomic E-state index is 0.667. The molecule has 0 unspecified atom stereocenters. The summed E-state index contributed by atoms with van der Waals surface area (Å²) in [5, 5.41) is 6.30. The number of para-hydroxylation sites is 1. The first-order chi connectivity index (χ1) is 35.3. The average molecular weight is 936 g/mol. The Hall–Kier alpha value is -5.42. The van der Waals surface area contributed by atoms with Crippen molar-refractivity contribution in [3.05, 3.63) is 24.3 Å². The molecule has 75 heavy (non-hydrogen) atoms. The molecule has 4 heterocycles. The van der Waals surface area contributed by atoms with Gasteiger partial charge < -0.3 is 8.98 Å². The van der Waals surface area contributed by atoms with E-state index in [1.54, 1.807) is 0 Å². The van der Waals surface area contributed by atoms with Crippen LogP contribution < -0.4 is 131 Å². The molecule has 7 aromatic carbocycles. The Labute approximate surface area is 463 Å². The van der Waals surface area contributed by atoms with Crippen molar-refractivity contribution in [1.82, 2.24) is 19.1 Å². The van der Waals surface area contributed by atoms with Crippen molar-refractivity contribution in [3.8, 4) is 34.0 Å². The molecule has 0 saturated heterocycles. The average Bonchev–Trinajstić information content (AvgIpc) is 4.14. The number of benzene rings is 7. The van der Waals surface area contributed by atoms with E-state index in [0.29, 0.717) is 5.95 Å². The van der Waals surface area contributed by atoms with E-state index in [2.05, 4.69) is 216 Å². The number of rotatable bonds is 4. The number of hydrogen-bond acceptors (Lipinski definition) is 3. The van der Waals surface area contributed by atoms with Crippen molar-refractivity contribution in [2.45, 2.75) is 0 Å². The van der Waals surface area contributed by atoms with Gasteiger partial charge in [0.2, 0.25) is 5.95 Å². The molecule has 0 aliphatic carbocycles. The number of hydrogen-bond donors (Lipinski definition) is 0. The van der Waals surface area contributed by atoms with Crippen LogP contribution in [0.2, 0.25) is 0 Å². The molecule has 29 heteroatoms. The van der Waals surface area contributed by atoms with Crippen LogP contribution in [0.15, 0.2) is 28.7 Å². The molecule has 0 aliphatic heterocycles. The summed E-state index contributed by atoms with van der Waals surface area (Å²) in [5.41, 5.74) is 45.0. The van der Waals surface area contributed by atoms with Crippen LogP contribution in [0, 0.1) is 0 Å². The van der Waals surface area contributed by atoms with Crippen molar-refractivity contribution in [1.29, 1.82) is 0 Å². The van der Waals surface area contributed by atoms with E-state index >= 15 is 0 Å². The molecule has 0 amide bonds. The molecule has 0 bridgehead atoms. The summed E-state index contributed by atoms with van der Waals surface area (Å²) in [7, 11) is 55.8. The Morgan fingerprint density at radius 1 is 0.307 bits per heavy atom. The van der Waals surface area contributed by atoms with Crippen LogP contribution in [0.3, 0.4) is 0 Å². The predicted octanol–water partition coefficient (Wildman–Crippen LogP) is -29.9. The summed E-state index contributed by atoms with van der Waals surface area (Å²) in [6, 6.07) is 8.34. The first-order valence-electron chi connectivity index (χ1n) is 27.2. The summed E-state index contributed by atoms with van der Waals surface area (Å²) in [6.45, 7) is 0. The Morgan fingerprint density at radius 2 is 0.640 bits per heavy atom. The normalized spacial score (nSPS) is 11.9. The maximum absolute atomic E-state index is 6.84. The highest BCUT2D eigenvalue weighted by Crippen LogP contribution is 2.36. The quantitative estimate of drug-likeness (QED) is 0.165. The third kappa shape index (κ3) is 6.66. The standard InChI is InChI=1S/C46H52B24N4O/c47-14-7(16(49)32(65)40-9(14)11-18(51)22(55)28(61)34(67)41(11)73(40)44-36(69)30(63)27(60)31(64)37(44)70)8-15(48)10-12-19(52)23(56)29(62)35(68)43(12)74(42(10)33(66)17(8)50)46-71-38-5-3-1-2-4-6(5)75-45(38)39(72-46)13-20(53)24(57)26(59)25(58)21(13)54/h1-4H,47-70H2. The van der Waals surface area contributed by atoms with Gasteiger partial charge >= 0.3 is 0 Å². The second-order valence-electron chi connectivity index (χ2n) is 23.2. The van der Waals surface area contributed by atoms with E-state index in [0.717, 1.165) is 33.3 Å². The zero-order chi connectivity index (χ0) is 54.4. The molecule has 4 aromatic heterocycles. The van der Waals surface area contributed by atoms with Gasteiger partial charge in [0.25, 0.3) is 0 Å². The Morgan fingerprint density at radius 3 is 1.09 bits per heavy atom. The topological polar surface area (TPSA) is 48.8 Å². The monoisotopic (exact) mass is 941 g/mol. The van der Waals surface area contributed by atoms with Gasteiger partial charge in [-0.2, -0.15) is 0 Å². The van der Waals surface area contributed by atoms with Gasteiger partial charge in [-0.25, -0.2) is 9.97 Å². The molecule has 11 rings (SSSR count).